The molecule has 3 nitrogen and oxygen atoms in total. The smallest absolute Gasteiger partial charge is 0.0856 e. The van der Waals surface area contributed by atoms with Crippen LogP contribution in [0.2, 0.25) is 0 Å². The highest BCUT2D eigenvalue weighted by atomic mass is 15.1. The highest BCUT2D eigenvalue weighted by Crippen LogP contribution is 2.19. The maximum absolute atomic E-state index is 5.69. The fraction of sp³-hybridized carbons (Fsp3) is 0.421. The van der Waals surface area contributed by atoms with Crippen molar-refractivity contribution in [1.82, 2.24) is 4.90 Å². The molecule has 0 saturated carbocycles. The van der Waals surface area contributed by atoms with E-state index in [0.29, 0.717) is 5.92 Å². The zero-order chi connectivity index (χ0) is 16.4. The molecule has 0 aliphatic rings. The molecule has 0 bridgehead atoms. The van der Waals surface area contributed by atoms with E-state index in [1.54, 1.807) is 0 Å². The first kappa shape index (κ1) is 18.2. The molecule has 0 aromatic heterocycles. The minimum absolute atomic E-state index is 0.508. The number of aliphatic imine (C=N–C) groups is 1. The normalized spacial score (nSPS) is 13.4. The maximum Gasteiger partial charge on any atom is 0.0856 e. The van der Waals surface area contributed by atoms with Gasteiger partial charge in [-0.1, -0.05) is 44.2 Å². The maximum atomic E-state index is 5.69. The molecular weight excluding hydrogens is 270 g/mol. The van der Waals surface area contributed by atoms with Crippen molar-refractivity contribution in [2.24, 2.45) is 16.6 Å². The Balaban J connectivity index is 2.92. The molecule has 0 aliphatic heterocycles. The Morgan fingerprint density at radius 2 is 2.05 bits per heavy atom. The zero-order valence-electron chi connectivity index (χ0n) is 14.1. The number of benzene rings is 1. The van der Waals surface area contributed by atoms with Crippen LogP contribution in [0, 0.1) is 5.92 Å². The predicted octanol–water partition coefficient (Wildman–Crippen LogP) is 4.07. The van der Waals surface area contributed by atoms with Gasteiger partial charge in [-0.05, 0) is 50.7 Å². The Morgan fingerprint density at radius 1 is 1.36 bits per heavy atom. The molecule has 0 fully saturated rings. The molecule has 22 heavy (non-hydrogen) atoms. The minimum Gasteiger partial charge on any atom is -0.352 e. The van der Waals surface area contributed by atoms with Crippen LogP contribution in [0.25, 0.3) is 5.70 Å². The number of hydrogen-bond donors (Lipinski definition) is 1. The van der Waals surface area contributed by atoms with Gasteiger partial charge in [-0.3, -0.25) is 4.99 Å². The molecule has 0 unspecified atom stereocenters. The first-order valence-electron chi connectivity index (χ1n) is 8.01. The van der Waals surface area contributed by atoms with Crippen LogP contribution in [0.4, 0.5) is 0 Å². The van der Waals surface area contributed by atoms with E-state index in [4.69, 9.17) is 5.73 Å². The van der Waals surface area contributed by atoms with E-state index >= 15 is 0 Å². The summed E-state index contributed by atoms with van der Waals surface area (Å²) in [7, 11) is 0. The van der Waals surface area contributed by atoms with Gasteiger partial charge in [0.2, 0.25) is 0 Å². The van der Waals surface area contributed by atoms with E-state index < -0.39 is 0 Å². The van der Waals surface area contributed by atoms with Crippen molar-refractivity contribution < 1.29 is 0 Å². The van der Waals surface area contributed by atoms with Crippen molar-refractivity contribution in [1.29, 1.82) is 0 Å². The van der Waals surface area contributed by atoms with Gasteiger partial charge >= 0.3 is 0 Å². The van der Waals surface area contributed by atoms with E-state index in [-0.39, 0.29) is 0 Å². The third-order valence-corrected chi connectivity index (χ3v) is 3.52. The molecule has 0 saturated heterocycles. The molecule has 0 spiro atoms. The molecule has 3 heteroatoms. The summed E-state index contributed by atoms with van der Waals surface area (Å²) >= 11 is 0. The molecule has 1 atom stereocenters. The van der Waals surface area contributed by atoms with Gasteiger partial charge in [0.05, 0.1) is 5.70 Å². The van der Waals surface area contributed by atoms with Gasteiger partial charge in [-0.15, -0.1) is 0 Å². The van der Waals surface area contributed by atoms with Crippen LogP contribution in [0.15, 0.2) is 47.7 Å². The van der Waals surface area contributed by atoms with Gasteiger partial charge in [0.25, 0.3) is 0 Å². The number of rotatable bonds is 9. The zero-order valence-corrected chi connectivity index (χ0v) is 14.1. The highest BCUT2D eigenvalue weighted by Gasteiger charge is 2.04. The summed E-state index contributed by atoms with van der Waals surface area (Å²) < 4.78 is 0. The lowest BCUT2D eigenvalue weighted by atomic mass is 10.00. The number of nitrogens with two attached hydrogens (primary N) is 1. The molecule has 0 amide bonds. The second-order valence-electron chi connectivity index (χ2n) is 5.63. The van der Waals surface area contributed by atoms with Crippen LogP contribution in [-0.4, -0.2) is 24.7 Å². The van der Waals surface area contributed by atoms with Crippen LogP contribution in [0.3, 0.4) is 0 Å². The molecule has 2 N–H and O–H groups in total. The molecule has 0 aliphatic carbocycles. The lowest BCUT2D eigenvalue weighted by molar-refractivity contribution is 0.502. The molecule has 1 aromatic rings. The first-order valence-corrected chi connectivity index (χ1v) is 8.01. The molecule has 1 rings (SSSR count). The molecule has 1 aromatic carbocycles. The van der Waals surface area contributed by atoms with Crippen molar-refractivity contribution in [3.05, 3.63) is 53.9 Å². The monoisotopic (exact) mass is 299 g/mol. The Labute approximate surface area is 135 Å². The van der Waals surface area contributed by atoms with Crippen LogP contribution >= 0.6 is 0 Å². The summed E-state index contributed by atoms with van der Waals surface area (Å²) in [4.78, 5) is 6.33. The Hall–Kier alpha value is -1.87. The Bertz CT molecular complexity index is 500. The second kappa shape index (κ2) is 9.96. The fourth-order valence-corrected chi connectivity index (χ4v) is 2.29. The molecular formula is C19H29N3. The SMILES string of the molecule is C=N/C(=C\N(/C=C\C)CCC)c1ccc(C[C@H](C)CN)cc1. The highest BCUT2D eigenvalue weighted by molar-refractivity contribution is 5.67. The average Bonchev–Trinajstić information content (AvgIpc) is 2.53. The Kier molecular flexibility index (Phi) is 8.23. The lowest BCUT2D eigenvalue weighted by Crippen LogP contribution is -2.13. The predicted molar refractivity (Wildman–Crippen MR) is 97.7 cm³/mol. The second-order valence-corrected chi connectivity index (χ2v) is 5.63. The third-order valence-electron chi connectivity index (χ3n) is 3.52. The van der Waals surface area contributed by atoms with E-state index in [1.807, 2.05) is 19.2 Å². The quantitative estimate of drug-likeness (QED) is 0.698. The van der Waals surface area contributed by atoms with Gasteiger partial charge in [0.1, 0.15) is 0 Å². The van der Waals surface area contributed by atoms with E-state index in [0.717, 1.165) is 37.2 Å². The number of allylic oxidation sites excluding steroid dienone is 1. The summed E-state index contributed by atoms with van der Waals surface area (Å²) in [5.41, 5.74) is 8.98. The third kappa shape index (κ3) is 5.86. The Morgan fingerprint density at radius 3 is 2.55 bits per heavy atom. The average molecular weight is 299 g/mol. The van der Waals surface area contributed by atoms with Crippen LogP contribution < -0.4 is 5.73 Å². The largest absolute Gasteiger partial charge is 0.352 e. The summed E-state index contributed by atoms with van der Waals surface area (Å²) in [6.07, 6.45) is 8.24. The van der Waals surface area contributed by atoms with E-state index in [2.05, 4.69) is 60.9 Å². The lowest BCUT2D eigenvalue weighted by Gasteiger charge is -2.16. The number of nitrogens with zero attached hydrogens (tertiary/aromatic N) is 2. The first-order chi connectivity index (χ1) is 10.6. The van der Waals surface area contributed by atoms with Gasteiger partial charge in [-0.2, -0.15) is 0 Å². The van der Waals surface area contributed by atoms with E-state index in [9.17, 15) is 0 Å². The van der Waals surface area contributed by atoms with Crippen molar-refractivity contribution in [3.63, 3.8) is 0 Å². The molecule has 120 valence electrons. The number of hydrogen-bond acceptors (Lipinski definition) is 3. The van der Waals surface area contributed by atoms with Crippen molar-refractivity contribution in [2.75, 3.05) is 13.1 Å². The summed E-state index contributed by atoms with van der Waals surface area (Å²) in [6, 6.07) is 8.53. The van der Waals surface area contributed by atoms with Gasteiger partial charge in [0.15, 0.2) is 0 Å². The summed E-state index contributed by atoms with van der Waals surface area (Å²) in [5, 5.41) is 0. The molecule has 0 heterocycles. The topological polar surface area (TPSA) is 41.6 Å². The van der Waals surface area contributed by atoms with Crippen molar-refractivity contribution >= 4 is 12.4 Å². The van der Waals surface area contributed by atoms with Crippen molar-refractivity contribution in [3.8, 4) is 0 Å². The summed E-state index contributed by atoms with van der Waals surface area (Å²) in [6.45, 7) is 11.8. The van der Waals surface area contributed by atoms with Crippen LogP contribution in [0.5, 0.6) is 0 Å². The van der Waals surface area contributed by atoms with Gasteiger partial charge < -0.3 is 10.6 Å². The van der Waals surface area contributed by atoms with E-state index in [1.165, 1.54) is 5.56 Å². The van der Waals surface area contributed by atoms with Crippen molar-refractivity contribution in [2.45, 2.75) is 33.6 Å². The molecule has 0 radical (unpaired) electrons. The van der Waals surface area contributed by atoms with Crippen LogP contribution in [-0.2, 0) is 6.42 Å². The fourth-order valence-electron chi connectivity index (χ4n) is 2.29. The van der Waals surface area contributed by atoms with Crippen LogP contribution in [0.1, 0.15) is 38.3 Å². The summed E-state index contributed by atoms with van der Waals surface area (Å²) in [5.74, 6) is 0.508. The minimum atomic E-state index is 0.508. The van der Waals surface area contributed by atoms with Gasteiger partial charge in [0, 0.05) is 18.3 Å². The van der Waals surface area contributed by atoms with Gasteiger partial charge in [-0.25, -0.2) is 0 Å². The standard InChI is InChI=1S/C19H29N3/c1-5-11-22(12-6-2)15-19(21-4)18-9-7-17(8-10-18)13-16(3)14-20/h5,7-11,15-16H,4,6,12-14,20H2,1-3H3/b11-5-,19-15-/t16-/m0/s1.